The van der Waals surface area contributed by atoms with Crippen LogP contribution in [0.5, 0.6) is 0 Å². The Kier molecular flexibility index (Phi) is 6.36. The van der Waals surface area contributed by atoms with Crippen LogP contribution >= 0.6 is 0 Å². The molecule has 0 aromatic heterocycles. The maximum absolute atomic E-state index is 2.59. The van der Waals surface area contributed by atoms with Crippen molar-refractivity contribution in [2.24, 2.45) is 0 Å². The molecule has 4 heteroatoms. The van der Waals surface area contributed by atoms with E-state index in [2.05, 4.69) is 137 Å². The zero-order chi connectivity index (χ0) is 22.2. The van der Waals surface area contributed by atoms with Gasteiger partial charge in [0.25, 0.3) is 0 Å². The highest BCUT2D eigenvalue weighted by atomic mass is 29.3. The third kappa shape index (κ3) is 3.91. The van der Waals surface area contributed by atoms with Gasteiger partial charge in [0.05, 0.1) is 30.4 Å². The van der Waals surface area contributed by atoms with Gasteiger partial charge in [-0.2, -0.15) is 0 Å². The molecule has 0 saturated carbocycles. The van der Waals surface area contributed by atoms with Crippen molar-refractivity contribution in [3.05, 3.63) is 84.9 Å². The zero-order valence-electron chi connectivity index (χ0n) is 20.1. The predicted molar refractivity (Wildman–Crippen MR) is 148 cm³/mol. The molecule has 0 fully saturated rings. The SMILES string of the molecule is C[Si](C)(c1ccccc1)[Si](C)(C)c1ccc([Si](C)(C)[Si](C)(C)c2ccccc2)cc1. The highest BCUT2D eigenvalue weighted by Gasteiger charge is 2.45. The van der Waals surface area contributed by atoms with Crippen molar-refractivity contribution in [3.63, 3.8) is 0 Å². The van der Waals surface area contributed by atoms with Crippen LogP contribution in [0, 0.1) is 0 Å². The zero-order valence-corrected chi connectivity index (χ0v) is 24.1. The van der Waals surface area contributed by atoms with Crippen LogP contribution < -0.4 is 20.7 Å². The summed E-state index contributed by atoms with van der Waals surface area (Å²) in [6.45, 7) is 20.7. The molecule has 0 aliphatic rings. The van der Waals surface area contributed by atoms with E-state index in [1.807, 2.05) is 0 Å². The Labute approximate surface area is 188 Å². The van der Waals surface area contributed by atoms with Crippen LogP contribution in [0.4, 0.5) is 0 Å². The van der Waals surface area contributed by atoms with Crippen molar-refractivity contribution < 1.29 is 0 Å². The maximum Gasteiger partial charge on any atom is 0.0791 e. The molecule has 3 aromatic rings. The Bertz CT molecular complexity index is 890. The third-order valence-electron chi connectivity index (χ3n) is 8.44. The number of rotatable bonds is 6. The van der Waals surface area contributed by atoms with Crippen LogP contribution in [0.2, 0.25) is 52.4 Å². The molecule has 0 amide bonds. The van der Waals surface area contributed by atoms with Gasteiger partial charge in [-0.25, -0.2) is 0 Å². The standard InChI is InChI=1S/C26H38Si4/c1-27(2,23-15-11-9-12-16-23)29(5,6)25-19-21-26(22-20-25)30(7,8)28(3,4)24-17-13-10-14-18-24/h9-22H,1-8H3. The first-order valence-corrected chi connectivity index (χ1v) is 25.1. The molecule has 0 atom stereocenters. The molecule has 158 valence electrons. The first-order chi connectivity index (χ1) is 13.9. The summed E-state index contributed by atoms with van der Waals surface area (Å²) in [5, 5.41) is 6.43. The van der Waals surface area contributed by atoms with E-state index in [0.29, 0.717) is 0 Å². The first kappa shape index (κ1) is 23.2. The summed E-state index contributed by atoms with van der Waals surface area (Å²) in [5.41, 5.74) is 0. The molecule has 0 aliphatic carbocycles. The Morgan fingerprint density at radius 2 is 0.500 bits per heavy atom. The van der Waals surface area contributed by atoms with Crippen molar-refractivity contribution in [3.8, 4) is 0 Å². The van der Waals surface area contributed by atoms with Gasteiger partial charge in [-0.3, -0.25) is 0 Å². The van der Waals surface area contributed by atoms with E-state index in [1.165, 1.54) is 0 Å². The molecule has 0 N–H and O–H groups in total. The third-order valence-corrected chi connectivity index (χ3v) is 44.0. The molecular weight excluding hydrogens is 425 g/mol. The Morgan fingerprint density at radius 1 is 0.300 bits per heavy atom. The molecule has 0 heterocycles. The van der Waals surface area contributed by atoms with Gasteiger partial charge in [-0.15, -0.1) is 0 Å². The molecule has 0 bridgehead atoms. The van der Waals surface area contributed by atoms with Crippen LogP contribution in [0.25, 0.3) is 0 Å². The van der Waals surface area contributed by atoms with Gasteiger partial charge in [-0.1, -0.05) is 158 Å². The molecule has 0 spiro atoms. The van der Waals surface area contributed by atoms with E-state index in [9.17, 15) is 0 Å². The molecule has 0 radical (unpaired) electrons. The summed E-state index contributed by atoms with van der Waals surface area (Å²) in [7, 11) is -6.23. The van der Waals surface area contributed by atoms with Crippen molar-refractivity contribution in [2.75, 3.05) is 0 Å². The Balaban J connectivity index is 1.96. The van der Waals surface area contributed by atoms with E-state index < -0.39 is 30.4 Å². The fraction of sp³-hybridized carbons (Fsp3) is 0.308. The number of hydrogen-bond acceptors (Lipinski definition) is 0. The molecule has 0 saturated heterocycles. The van der Waals surface area contributed by atoms with Crippen LogP contribution in [0.15, 0.2) is 84.9 Å². The van der Waals surface area contributed by atoms with Gasteiger partial charge >= 0.3 is 0 Å². The van der Waals surface area contributed by atoms with Gasteiger partial charge in [-0.05, 0) is 0 Å². The fourth-order valence-electron chi connectivity index (χ4n) is 4.46. The van der Waals surface area contributed by atoms with Crippen molar-refractivity contribution >= 4 is 51.1 Å². The summed E-state index contributed by atoms with van der Waals surface area (Å²) in [4.78, 5) is 0. The smallest absolute Gasteiger partial charge is 0.0671 e. The summed E-state index contributed by atoms with van der Waals surface area (Å²) in [6.07, 6.45) is 0. The van der Waals surface area contributed by atoms with Crippen LogP contribution in [-0.4, -0.2) is 30.4 Å². The average molecular weight is 463 g/mol. The second-order valence-electron chi connectivity index (χ2n) is 10.8. The second kappa shape index (κ2) is 8.23. The van der Waals surface area contributed by atoms with Crippen LogP contribution in [0.1, 0.15) is 0 Å². The van der Waals surface area contributed by atoms with Crippen molar-refractivity contribution in [1.82, 2.24) is 0 Å². The molecule has 0 aliphatic heterocycles. The largest absolute Gasteiger partial charge is 0.0791 e. The van der Waals surface area contributed by atoms with E-state index in [0.717, 1.165) is 0 Å². The minimum absolute atomic E-state index is 1.54. The highest BCUT2D eigenvalue weighted by molar-refractivity contribution is 7.50. The van der Waals surface area contributed by atoms with Crippen LogP contribution in [-0.2, 0) is 0 Å². The van der Waals surface area contributed by atoms with E-state index in [4.69, 9.17) is 0 Å². The first-order valence-electron chi connectivity index (χ1n) is 11.1. The Hall–Kier alpha value is -1.47. The van der Waals surface area contributed by atoms with Gasteiger partial charge in [0.2, 0.25) is 0 Å². The fourth-order valence-corrected chi connectivity index (χ4v) is 22.1. The summed E-state index contributed by atoms with van der Waals surface area (Å²) in [6, 6.07) is 32.6. The van der Waals surface area contributed by atoms with Crippen LogP contribution in [0.3, 0.4) is 0 Å². The lowest BCUT2D eigenvalue weighted by atomic mass is 10.4. The molecule has 30 heavy (non-hydrogen) atoms. The second-order valence-corrected chi connectivity index (χ2v) is 41.1. The molecule has 0 nitrogen and oxygen atoms in total. The number of benzene rings is 3. The molecular formula is C26H38Si4. The van der Waals surface area contributed by atoms with Gasteiger partial charge in [0, 0.05) is 0 Å². The monoisotopic (exact) mass is 462 g/mol. The van der Waals surface area contributed by atoms with Gasteiger partial charge < -0.3 is 0 Å². The minimum Gasteiger partial charge on any atom is -0.0671 e. The Morgan fingerprint density at radius 3 is 0.733 bits per heavy atom. The topological polar surface area (TPSA) is 0 Å². The van der Waals surface area contributed by atoms with E-state index in [1.54, 1.807) is 20.7 Å². The lowest BCUT2D eigenvalue weighted by Crippen LogP contribution is -2.70. The normalized spacial score (nSPS) is 13.3. The number of hydrogen-bond donors (Lipinski definition) is 0. The molecule has 3 aromatic carbocycles. The quantitative estimate of drug-likeness (QED) is 0.457. The van der Waals surface area contributed by atoms with Crippen molar-refractivity contribution in [1.29, 1.82) is 0 Å². The molecule has 0 unspecified atom stereocenters. The van der Waals surface area contributed by atoms with E-state index in [-0.39, 0.29) is 0 Å². The van der Waals surface area contributed by atoms with Crippen molar-refractivity contribution in [2.45, 2.75) is 52.4 Å². The average Bonchev–Trinajstić information content (AvgIpc) is 2.74. The lowest BCUT2D eigenvalue weighted by Gasteiger charge is -2.41. The highest BCUT2D eigenvalue weighted by Crippen LogP contribution is 2.22. The maximum atomic E-state index is 2.59. The van der Waals surface area contributed by atoms with Gasteiger partial charge in [0.1, 0.15) is 0 Å². The summed E-state index contributed by atoms with van der Waals surface area (Å²) < 4.78 is 0. The molecule has 3 rings (SSSR count). The lowest BCUT2D eigenvalue weighted by molar-refractivity contribution is 1.67. The predicted octanol–water partition coefficient (Wildman–Crippen LogP) is 4.91. The van der Waals surface area contributed by atoms with E-state index >= 15 is 0 Å². The van der Waals surface area contributed by atoms with Gasteiger partial charge in [0.15, 0.2) is 0 Å². The minimum atomic E-state index is -1.57. The summed E-state index contributed by atoms with van der Waals surface area (Å²) >= 11 is 0. The summed E-state index contributed by atoms with van der Waals surface area (Å²) in [5.74, 6) is 0.